The number of sulfonamides is 1. The fourth-order valence-corrected chi connectivity index (χ4v) is 3.09. The van der Waals surface area contributed by atoms with Crippen LogP contribution in [-0.4, -0.2) is 8.42 Å². The van der Waals surface area contributed by atoms with Gasteiger partial charge in [-0.05, 0) is 30.5 Å². The van der Waals surface area contributed by atoms with Crippen molar-refractivity contribution in [3.05, 3.63) is 72.6 Å². The van der Waals surface area contributed by atoms with Crippen molar-refractivity contribution >= 4 is 20.8 Å². The van der Waals surface area contributed by atoms with Crippen molar-refractivity contribution in [1.29, 1.82) is 0 Å². The summed E-state index contributed by atoms with van der Waals surface area (Å²) < 4.78 is 26.1. The lowest BCUT2D eigenvalue weighted by molar-refractivity contribution is -0.635. The molecule has 0 spiro atoms. The quantitative estimate of drug-likeness (QED) is 0.755. The molecule has 0 amide bonds. The molecule has 5 heteroatoms. The highest BCUT2D eigenvalue weighted by molar-refractivity contribution is 7.92. The lowest BCUT2D eigenvalue weighted by Gasteiger charge is -2.04. The van der Waals surface area contributed by atoms with Crippen LogP contribution < -0.4 is 9.51 Å². The minimum absolute atomic E-state index is 0.244. The number of aromatic nitrogens is 1. The zero-order chi connectivity index (χ0) is 14.9. The molecule has 3 aromatic rings. The highest BCUT2D eigenvalue weighted by atomic mass is 32.2. The van der Waals surface area contributed by atoms with Crippen molar-refractivity contribution in [3.8, 4) is 0 Å². The summed E-state index contributed by atoms with van der Waals surface area (Å²) in [6.45, 7) is 1.92. The third-order valence-corrected chi connectivity index (χ3v) is 4.59. The number of benzene rings is 2. The lowest BCUT2D eigenvalue weighted by Crippen LogP contribution is -2.47. The average molecular weight is 299 g/mol. The van der Waals surface area contributed by atoms with Gasteiger partial charge in [0.05, 0.1) is 4.90 Å². The molecule has 2 aromatic carbocycles. The SMILES string of the molecule is Cc1ccc(S(=O)(=O)N[n+]2ccc3ccccc3c2)cc1. The van der Waals surface area contributed by atoms with Crippen LogP contribution in [0.1, 0.15) is 5.56 Å². The number of nitrogens with zero attached hydrogens (tertiary/aromatic N) is 1. The van der Waals surface area contributed by atoms with E-state index in [1.54, 1.807) is 36.7 Å². The minimum atomic E-state index is -3.59. The molecular formula is C16H15N2O2S+. The van der Waals surface area contributed by atoms with Crippen molar-refractivity contribution in [2.75, 3.05) is 4.83 Å². The molecule has 0 aliphatic carbocycles. The highest BCUT2D eigenvalue weighted by Gasteiger charge is 2.18. The van der Waals surface area contributed by atoms with E-state index in [2.05, 4.69) is 4.83 Å². The Hall–Kier alpha value is -2.40. The molecule has 0 fully saturated rings. The van der Waals surface area contributed by atoms with E-state index >= 15 is 0 Å². The molecule has 21 heavy (non-hydrogen) atoms. The molecular weight excluding hydrogens is 284 g/mol. The Morgan fingerprint density at radius 3 is 2.29 bits per heavy atom. The van der Waals surface area contributed by atoms with Gasteiger partial charge in [-0.3, -0.25) is 0 Å². The number of fused-ring (bicyclic) bond motifs is 1. The van der Waals surface area contributed by atoms with E-state index in [0.717, 1.165) is 16.3 Å². The number of hydrogen-bond donors (Lipinski definition) is 1. The molecule has 0 radical (unpaired) electrons. The average Bonchev–Trinajstić information content (AvgIpc) is 2.47. The van der Waals surface area contributed by atoms with Crippen LogP contribution >= 0.6 is 0 Å². The second-order valence-corrected chi connectivity index (χ2v) is 6.55. The van der Waals surface area contributed by atoms with Crippen LogP contribution in [0.25, 0.3) is 10.8 Å². The summed E-state index contributed by atoms with van der Waals surface area (Å²) in [6.07, 6.45) is 3.44. The fraction of sp³-hybridized carbons (Fsp3) is 0.0625. The van der Waals surface area contributed by atoms with Gasteiger partial charge >= 0.3 is 10.0 Å². The lowest BCUT2D eigenvalue weighted by atomic mass is 10.2. The second-order valence-electron chi connectivity index (χ2n) is 4.89. The summed E-state index contributed by atoms with van der Waals surface area (Å²) in [7, 11) is -3.59. The molecule has 0 saturated carbocycles. The Balaban J connectivity index is 1.95. The standard InChI is InChI=1S/C16H15N2O2S/c1-13-6-8-16(9-7-13)21(19,20)17-18-11-10-14-4-2-3-5-15(14)12-18/h2-12,17H,1H3/q+1. The Morgan fingerprint density at radius 1 is 0.905 bits per heavy atom. The molecule has 3 rings (SSSR count). The first-order valence-electron chi connectivity index (χ1n) is 6.54. The van der Waals surface area contributed by atoms with Crippen LogP contribution in [0.15, 0.2) is 71.9 Å². The number of aryl methyl sites for hydroxylation is 1. The maximum Gasteiger partial charge on any atom is 0.306 e. The van der Waals surface area contributed by atoms with Crippen LogP contribution in [-0.2, 0) is 10.0 Å². The van der Waals surface area contributed by atoms with Crippen molar-refractivity contribution in [2.24, 2.45) is 0 Å². The highest BCUT2D eigenvalue weighted by Crippen LogP contribution is 2.11. The Morgan fingerprint density at radius 2 is 1.57 bits per heavy atom. The van der Waals surface area contributed by atoms with Gasteiger partial charge in [-0.1, -0.05) is 45.4 Å². The van der Waals surface area contributed by atoms with Gasteiger partial charge < -0.3 is 0 Å². The van der Waals surface area contributed by atoms with E-state index in [4.69, 9.17) is 0 Å². The maximum absolute atomic E-state index is 12.3. The van der Waals surface area contributed by atoms with Gasteiger partial charge in [-0.2, -0.15) is 8.42 Å². The summed E-state index contributed by atoms with van der Waals surface area (Å²) in [5, 5.41) is 2.02. The summed E-state index contributed by atoms with van der Waals surface area (Å²) in [5.74, 6) is 0. The van der Waals surface area contributed by atoms with Gasteiger partial charge in [0.1, 0.15) is 0 Å². The molecule has 0 aliphatic heterocycles. The smallest absolute Gasteiger partial charge is 0.197 e. The Labute approximate surface area is 123 Å². The van der Waals surface area contributed by atoms with Gasteiger partial charge in [0.2, 0.25) is 12.4 Å². The summed E-state index contributed by atoms with van der Waals surface area (Å²) in [4.78, 5) is 2.78. The number of pyridine rings is 1. The molecule has 1 aromatic heterocycles. The molecule has 4 nitrogen and oxygen atoms in total. The normalized spacial score (nSPS) is 11.5. The molecule has 0 atom stereocenters. The molecule has 0 unspecified atom stereocenters. The van der Waals surface area contributed by atoms with E-state index in [1.807, 2.05) is 37.3 Å². The number of hydrogen-bond acceptors (Lipinski definition) is 2. The second kappa shape index (κ2) is 5.18. The van der Waals surface area contributed by atoms with Crippen molar-refractivity contribution in [1.82, 2.24) is 0 Å². The zero-order valence-electron chi connectivity index (χ0n) is 11.5. The predicted octanol–water partition coefficient (Wildman–Crippen LogP) is 2.37. The third kappa shape index (κ3) is 2.87. The van der Waals surface area contributed by atoms with E-state index in [1.165, 1.54) is 4.68 Å². The predicted molar refractivity (Wildman–Crippen MR) is 81.9 cm³/mol. The molecule has 0 bridgehead atoms. The topological polar surface area (TPSA) is 50.1 Å². The van der Waals surface area contributed by atoms with Crippen LogP contribution in [0.2, 0.25) is 0 Å². The summed E-state index contributed by atoms with van der Waals surface area (Å²) >= 11 is 0. The maximum atomic E-state index is 12.3. The van der Waals surface area contributed by atoms with Crippen molar-refractivity contribution in [2.45, 2.75) is 11.8 Å². The van der Waals surface area contributed by atoms with E-state index in [-0.39, 0.29) is 4.90 Å². The molecule has 0 saturated heterocycles. The first-order chi connectivity index (χ1) is 10.0. The van der Waals surface area contributed by atoms with Crippen LogP contribution in [0.5, 0.6) is 0 Å². The van der Waals surface area contributed by atoms with Crippen molar-refractivity contribution < 1.29 is 13.1 Å². The molecule has 1 N–H and O–H groups in total. The van der Waals surface area contributed by atoms with E-state index in [9.17, 15) is 8.42 Å². The molecule has 1 heterocycles. The van der Waals surface area contributed by atoms with Crippen LogP contribution in [0, 0.1) is 6.92 Å². The van der Waals surface area contributed by atoms with Crippen molar-refractivity contribution in [3.63, 3.8) is 0 Å². The largest absolute Gasteiger partial charge is 0.306 e. The number of rotatable bonds is 3. The summed E-state index contributed by atoms with van der Waals surface area (Å²) in [6, 6.07) is 16.4. The first kappa shape index (κ1) is 13.6. The van der Waals surface area contributed by atoms with Gasteiger partial charge in [-0.25, -0.2) is 0 Å². The van der Waals surface area contributed by atoms with E-state index < -0.39 is 10.0 Å². The fourth-order valence-electron chi connectivity index (χ4n) is 2.10. The van der Waals surface area contributed by atoms with Gasteiger partial charge in [0.15, 0.2) is 0 Å². The summed E-state index contributed by atoms with van der Waals surface area (Å²) in [5.41, 5.74) is 1.02. The minimum Gasteiger partial charge on any atom is -0.197 e. The first-order valence-corrected chi connectivity index (χ1v) is 8.02. The molecule has 0 aliphatic rings. The Kier molecular flexibility index (Phi) is 3.35. The van der Waals surface area contributed by atoms with Gasteiger partial charge in [0, 0.05) is 11.5 Å². The van der Waals surface area contributed by atoms with Gasteiger partial charge in [0.25, 0.3) is 0 Å². The Bertz CT molecular complexity index is 888. The van der Waals surface area contributed by atoms with Gasteiger partial charge in [-0.15, -0.1) is 0 Å². The number of nitrogens with one attached hydrogen (secondary N) is 1. The van der Waals surface area contributed by atoms with Crippen LogP contribution in [0.4, 0.5) is 0 Å². The zero-order valence-corrected chi connectivity index (χ0v) is 12.3. The van der Waals surface area contributed by atoms with E-state index in [0.29, 0.717) is 0 Å². The monoisotopic (exact) mass is 299 g/mol. The third-order valence-electron chi connectivity index (χ3n) is 3.25. The molecule has 106 valence electrons. The van der Waals surface area contributed by atoms with Crippen LogP contribution in [0.3, 0.4) is 0 Å².